The Morgan fingerprint density at radius 3 is 2.74 bits per heavy atom. The Morgan fingerprint density at radius 1 is 1.32 bits per heavy atom. The largest absolute Gasteiger partial charge is 0.379 e. The zero-order chi connectivity index (χ0) is 13.7. The summed E-state index contributed by atoms with van der Waals surface area (Å²) in [5, 5.41) is 8.76. The molecular weight excluding hydrogens is 248 g/mol. The highest BCUT2D eigenvalue weighted by molar-refractivity contribution is 5.21. The maximum Gasteiger partial charge on any atom is 0.328 e. The molecule has 1 aliphatic rings. The third-order valence-corrected chi connectivity index (χ3v) is 3.11. The van der Waals surface area contributed by atoms with Gasteiger partial charge >= 0.3 is 5.69 Å². The number of nitrogens with one attached hydrogen (secondary N) is 1. The topological polar surface area (TPSA) is 91.1 Å². The molecule has 1 fully saturated rings. The lowest BCUT2D eigenvalue weighted by Crippen LogP contribution is -2.38. The molecule has 19 heavy (non-hydrogen) atoms. The molecule has 7 heteroatoms. The van der Waals surface area contributed by atoms with Crippen LogP contribution in [0.5, 0.6) is 0 Å². The lowest BCUT2D eigenvalue weighted by Gasteiger charge is -2.26. The van der Waals surface area contributed by atoms with Crippen molar-refractivity contribution in [2.24, 2.45) is 0 Å². The molecule has 0 amide bonds. The van der Waals surface area contributed by atoms with Gasteiger partial charge in [0.2, 0.25) is 0 Å². The van der Waals surface area contributed by atoms with E-state index < -0.39 is 11.2 Å². The zero-order valence-corrected chi connectivity index (χ0v) is 10.6. The summed E-state index contributed by atoms with van der Waals surface area (Å²) in [6.45, 7) is 4.67. The van der Waals surface area contributed by atoms with E-state index in [-0.39, 0.29) is 5.56 Å². The number of hydrogen-bond donors (Lipinski definition) is 1. The van der Waals surface area contributed by atoms with Crippen molar-refractivity contribution in [3.05, 3.63) is 32.6 Å². The highest BCUT2D eigenvalue weighted by Crippen LogP contribution is 1.99. The summed E-state index contributed by atoms with van der Waals surface area (Å²) in [6, 6.07) is 1.77. The summed E-state index contributed by atoms with van der Waals surface area (Å²) >= 11 is 0. The summed E-state index contributed by atoms with van der Waals surface area (Å²) in [5.74, 6) is 0. The van der Waals surface area contributed by atoms with Crippen molar-refractivity contribution in [2.75, 3.05) is 32.8 Å². The maximum absolute atomic E-state index is 11.6. The fraction of sp³-hybridized carbons (Fsp3) is 0.583. The van der Waals surface area contributed by atoms with E-state index >= 15 is 0 Å². The van der Waals surface area contributed by atoms with Crippen LogP contribution in [0.2, 0.25) is 0 Å². The number of nitrogens with zero attached hydrogens (tertiary/aromatic N) is 3. The molecular formula is C12H16N4O3. The van der Waals surface area contributed by atoms with Gasteiger partial charge in [0.05, 0.1) is 13.2 Å². The molecule has 1 aromatic heterocycles. The second kappa shape index (κ2) is 6.31. The molecule has 2 heterocycles. The van der Waals surface area contributed by atoms with Gasteiger partial charge in [-0.1, -0.05) is 0 Å². The normalized spacial score (nSPS) is 16.2. The smallest absolute Gasteiger partial charge is 0.328 e. The minimum atomic E-state index is -0.628. The molecule has 7 nitrogen and oxygen atoms in total. The van der Waals surface area contributed by atoms with Crippen LogP contribution in [0.4, 0.5) is 0 Å². The highest BCUT2D eigenvalue weighted by atomic mass is 16.5. The van der Waals surface area contributed by atoms with Gasteiger partial charge in [-0.3, -0.25) is 19.2 Å². The quantitative estimate of drug-likeness (QED) is 0.763. The van der Waals surface area contributed by atoms with Crippen LogP contribution in [0.1, 0.15) is 12.0 Å². The van der Waals surface area contributed by atoms with Gasteiger partial charge in [0, 0.05) is 32.4 Å². The van der Waals surface area contributed by atoms with Crippen LogP contribution >= 0.6 is 0 Å². The fourth-order valence-electron chi connectivity index (χ4n) is 2.04. The van der Waals surface area contributed by atoms with Crippen LogP contribution in [0, 0.1) is 11.3 Å². The Labute approximate surface area is 110 Å². The molecule has 1 N–H and O–H groups in total. The molecule has 1 saturated heterocycles. The van der Waals surface area contributed by atoms with Crippen molar-refractivity contribution >= 4 is 0 Å². The number of aromatic nitrogens is 2. The molecule has 2 rings (SSSR count). The molecule has 102 valence electrons. The molecule has 0 unspecified atom stereocenters. The van der Waals surface area contributed by atoms with E-state index in [9.17, 15) is 9.59 Å². The second-order valence-corrected chi connectivity index (χ2v) is 4.41. The van der Waals surface area contributed by atoms with Crippen molar-refractivity contribution in [1.29, 1.82) is 5.26 Å². The highest BCUT2D eigenvalue weighted by Gasteiger charge is 2.10. The number of aryl methyl sites for hydroxylation is 1. The molecule has 0 atom stereocenters. The molecule has 0 bridgehead atoms. The summed E-state index contributed by atoms with van der Waals surface area (Å²) in [4.78, 5) is 27.2. The Bertz CT molecular complexity index is 578. The second-order valence-electron chi connectivity index (χ2n) is 4.41. The monoisotopic (exact) mass is 264 g/mol. The Morgan fingerprint density at radius 2 is 2.05 bits per heavy atom. The van der Waals surface area contributed by atoms with Crippen LogP contribution in [0.15, 0.2) is 15.8 Å². The third kappa shape index (κ3) is 3.53. The molecule has 0 aliphatic carbocycles. The van der Waals surface area contributed by atoms with E-state index in [2.05, 4.69) is 9.88 Å². The first-order valence-corrected chi connectivity index (χ1v) is 6.24. The molecule has 0 spiro atoms. The van der Waals surface area contributed by atoms with Crippen LogP contribution in [0.25, 0.3) is 0 Å². The molecule has 0 aromatic carbocycles. The van der Waals surface area contributed by atoms with Crippen LogP contribution < -0.4 is 11.2 Å². The number of nitriles is 1. The first kappa shape index (κ1) is 13.5. The van der Waals surface area contributed by atoms with E-state index in [0.29, 0.717) is 6.54 Å². The van der Waals surface area contributed by atoms with E-state index in [0.717, 1.165) is 39.3 Å². The first-order chi connectivity index (χ1) is 9.20. The molecule has 0 saturated carbocycles. The zero-order valence-electron chi connectivity index (χ0n) is 10.6. The van der Waals surface area contributed by atoms with Crippen molar-refractivity contribution in [3.63, 3.8) is 0 Å². The predicted octanol–water partition coefficient (Wildman–Crippen LogP) is -0.869. The van der Waals surface area contributed by atoms with Crippen molar-refractivity contribution in [3.8, 4) is 6.07 Å². The lowest BCUT2D eigenvalue weighted by atomic mass is 10.3. The minimum Gasteiger partial charge on any atom is -0.379 e. The summed E-state index contributed by atoms with van der Waals surface area (Å²) in [6.07, 6.45) is 2.11. The van der Waals surface area contributed by atoms with E-state index in [4.69, 9.17) is 10.00 Å². The Hall–Kier alpha value is -1.91. The van der Waals surface area contributed by atoms with Gasteiger partial charge in [0.15, 0.2) is 0 Å². The van der Waals surface area contributed by atoms with Gasteiger partial charge < -0.3 is 4.74 Å². The Kier molecular flexibility index (Phi) is 4.49. The number of rotatable bonds is 4. The summed E-state index contributed by atoms with van der Waals surface area (Å²) < 4.78 is 6.63. The van der Waals surface area contributed by atoms with Gasteiger partial charge in [0.25, 0.3) is 5.56 Å². The first-order valence-electron chi connectivity index (χ1n) is 6.24. The summed E-state index contributed by atoms with van der Waals surface area (Å²) in [5.41, 5.74) is -1.13. The standard InChI is InChI=1S/C12H16N4O3/c13-8-10-9-16(12(18)14-11(10)17)3-1-2-15-4-6-19-7-5-15/h9H,1-7H2,(H,14,17,18). The van der Waals surface area contributed by atoms with Gasteiger partial charge in [0.1, 0.15) is 11.6 Å². The number of H-pyrrole nitrogens is 1. The van der Waals surface area contributed by atoms with Crippen LogP contribution in [0.3, 0.4) is 0 Å². The number of ether oxygens (including phenoxy) is 1. The van der Waals surface area contributed by atoms with Gasteiger partial charge in [-0.15, -0.1) is 0 Å². The van der Waals surface area contributed by atoms with Crippen molar-refractivity contribution in [2.45, 2.75) is 13.0 Å². The average molecular weight is 264 g/mol. The number of aromatic amines is 1. The van der Waals surface area contributed by atoms with Gasteiger partial charge in [-0.2, -0.15) is 5.26 Å². The van der Waals surface area contributed by atoms with E-state index in [1.165, 1.54) is 10.8 Å². The minimum absolute atomic E-state index is 0.0361. The average Bonchev–Trinajstić information content (AvgIpc) is 2.42. The molecule has 1 aromatic rings. The molecule has 1 aliphatic heterocycles. The predicted molar refractivity (Wildman–Crippen MR) is 67.9 cm³/mol. The Balaban J connectivity index is 1.94. The number of morpholine rings is 1. The summed E-state index contributed by atoms with van der Waals surface area (Å²) in [7, 11) is 0. The third-order valence-electron chi connectivity index (χ3n) is 3.11. The van der Waals surface area contributed by atoms with E-state index in [1.807, 2.05) is 0 Å². The van der Waals surface area contributed by atoms with Crippen LogP contribution in [-0.4, -0.2) is 47.3 Å². The SMILES string of the molecule is N#Cc1cn(CCCN2CCOCC2)c(=O)[nH]c1=O. The number of hydrogen-bond acceptors (Lipinski definition) is 5. The van der Waals surface area contributed by atoms with Crippen molar-refractivity contribution < 1.29 is 4.74 Å². The molecule has 0 radical (unpaired) electrons. The fourth-order valence-corrected chi connectivity index (χ4v) is 2.04. The van der Waals surface area contributed by atoms with Gasteiger partial charge in [-0.25, -0.2) is 4.79 Å². The van der Waals surface area contributed by atoms with Crippen LogP contribution in [-0.2, 0) is 11.3 Å². The lowest BCUT2D eigenvalue weighted by molar-refractivity contribution is 0.0369. The van der Waals surface area contributed by atoms with Crippen molar-refractivity contribution in [1.82, 2.24) is 14.5 Å². The van der Waals surface area contributed by atoms with Gasteiger partial charge in [-0.05, 0) is 6.42 Å². The van der Waals surface area contributed by atoms with E-state index in [1.54, 1.807) is 6.07 Å². The maximum atomic E-state index is 11.6.